The Morgan fingerprint density at radius 3 is 2.42 bits per heavy atom. The molecule has 0 radical (unpaired) electrons. The molecule has 102 valence electrons. The van der Waals surface area contributed by atoms with Crippen LogP contribution in [0.3, 0.4) is 0 Å². The molecule has 19 heavy (non-hydrogen) atoms. The molecule has 0 spiro atoms. The molecular formula is C16H23N3. The number of aryl methyl sites for hydroxylation is 1. The van der Waals surface area contributed by atoms with Crippen LogP contribution < -0.4 is 5.73 Å². The fourth-order valence-electron chi connectivity index (χ4n) is 2.29. The normalized spacial score (nSPS) is 12.9. The Morgan fingerprint density at radius 1 is 1.21 bits per heavy atom. The van der Waals surface area contributed by atoms with E-state index >= 15 is 0 Å². The minimum absolute atomic E-state index is 0.0148. The van der Waals surface area contributed by atoms with Gasteiger partial charge in [-0.25, -0.2) is 4.98 Å². The Bertz CT molecular complexity index is 511. The smallest absolute Gasteiger partial charge is 0.105 e. The van der Waals surface area contributed by atoms with Crippen molar-refractivity contribution in [1.29, 1.82) is 0 Å². The van der Waals surface area contributed by atoms with Crippen LogP contribution in [0, 0.1) is 12.8 Å². The average Bonchev–Trinajstić information content (AvgIpc) is 2.75. The zero-order valence-corrected chi connectivity index (χ0v) is 12.0. The zero-order valence-electron chi connectivity index (χ0n) is 12.0. The van der Waals surface area contributed by atoms with Crippen molar-refractivity contribution >= 4 is 0 Å². The van der Waals surface area contributed by atoms with Crippen molar-refractivity contribution in [3.8, 4) is 0 Å². The Balaban J connectivity index is 2.03. The highest BCUT2D eigenvalue weighted by molar-refractivity contribution is 5.25. The molecule has 1 unspecified atom stereocenters. The molecule has 3 nitrogen and oxygen atoms in total. The predicted octanol–water partition coefficient (Wildman–Crippen LogP) is 3.09. The lowest BCUT2D eigenvalue weighted by Gasteiger charge is -2.15. The maximum atomic E-state index is 6.26. The molecule has 0 saturated carbocycles. The van der Waals surface area contributed by atoms with E-state index in [1.54, 1.807) is 0 Å². The number of benzene rings is 1. The molecule has 1 aromatic carbocycles. The number of imidazole rings is 1. The quantitative estimate of drug-likeness (QED) is 0.894. The second-order valence-corrected chi connectivity index (χ2v) is 5.57. The van der Waals surface area contributed by atoms with Crippen molar-refractivity contribution < 1.29 is 0 Å². The van der Waals surface area contributed by atoms with E-state index in [1.165, 1.54) is 11.1 Å². The number of hydrogen-bond acceptors (Lipinski definition) is 2. The molecule has 1 heterocycles. The van der Waals surface area contributed by atoms with E-state index < -0.39 is 0 Å². The van der Waals surface area contributed by atoms with Gasteiger partial charge in [0.05, 0.1) is 0 Å². The maximum absolute atomic E-state index is 6.26. The average molecular weight is 257 g/mol. The Kier molecular flexibility index (Phi) is 4.38. The predicted molar refractivity (Wildman–Crippen MR) is 78.9 cm³/mol. The van der Waals surface area contributed by atoms with E-state index in [1.807, 2.05) is 19.3 Å². The molecule has 1 atom stereocenters. The van der Waals surface area contributed by atoms with Gasteiger partial charge < -0.3 is 10.3 Å². The van der Waals surface area contributed by atoms with Gasteiger partial charge in [0.15, 0.2) is 0 Å². The van der Waals surface area contributed by atoms with Crippen LogP contribution in [0.4, 0.5) is 0 Å². The van der Waals surface area contributed by atoms with E-state index in [9.17, 15) is 0 Å². The van der Waals surface area contributed by atoms with Gasteiger partial charge in [0.25, 0.3) is 0 Å². The molecule has 2 rings (SSSR count). The molecule has 2 aromatic rings. The molecule has 0 aliphatic carbocycles. The first kappa shape index (κ1) is 13.8. The molecule has 3 heteroatoms. The summed E-state index contributed by atoms with van der Waals surface area (Å²) < 4.78 is 2.09. The molecule has 0 aliphatic rings. The summed E-state index contributed by atoms with van der Waals surface area (Å²) in [6.45, 7) is 7.25. The van der Waals surface area contributed by atoms with Gasteiger partial charge in [-0.3, -0.25) is 0 Å². The first-order valence-corrected chi connectivity index (χ1v) is 6.88. The van der Waals surface area contributed by atoms with E-state index in [-0.39, 0.29) is 6.04 Å². The van der Waals surface area contributed by atoms with Crippen LogP contribution >= 0.6 is 0 Å². The topological polar surface area (TPSA) is 43.8 Å². The molecule has 0 aliphatic heterocycles. The van der Waals surface area contributed by atoms with Gasteiger partial charge in [0.1, 0.15) is 5.82 Å². The second-order valence-electron chi connectivity index (χ2n) is 5.57. The molecule has 0 fully saturated rings. The monoisotopic (exact) mass is 257 g/mol. The molecule has 0 bridgehead atoms. The molecule has 0 amide bonds. The maximum Gasteiger partial charge on any atom is 0.105 e. The fourth-order valence-corrected chi connectivity index (χ4v) is 2.29. The molecule has 2 N–H and O–H groups in total. The minimum atomic E-state index is 0.0148. The van der Waals surface area contributed by atoms with Gasteiger partial charge in [0, 0.05) is 25.0 Å². The van der Waals surface area contributed by atoms with Crippen molar-refractivity contribution in [2.75, 3.05) is 0 Å². The van der Waals surface area contributed by atoms with E-state index in [2.05, 4.69) is 47.7 Å². The van der Waals surface area contributed by atoms with Crippen LogP contribution in [-0.4, -0.2) is 9.55 Å². The first-order valence-electron chi connectivity index (χ1n) is 6.88. The van der Waals surface area contributed by atoms with Crippen LogP contribution in [0.2, 0.25) is 0 Å². The third-order valence-corrected chi connectivity index (χ3v) is 3.37. The third-order valence-electron chi connectivity index (χ3n) is 3.37. The summed E-state index contributed by atoms with van der Waals surface area (Å²) in [6, 6.07) is 8.69. The summed E-state index contributed by atoms with van der Waals surface area (Å²) in [5, 5.41) is 0. The summed E-state index contributed by atoms with van der Waals surface area (Å²) in [4.78, 5) is 4.22. The van der Waals surface area contributed by atoms with Crippen molar-refractivity contribution in [3.63, 3.8) is 0 Å². The third kappa shape index (κ3) is 3.67. The van der Waals surface area contributed by atoms with Gasteiger partial charge in [0.2, 0.25) is 0 Å². The van der Waals surface area contributed by atoms with E-state index in [0.29, 0.717) is 5.92 Å². The Labute approximate surface area is 115 Å². The van der Waals surface area contributed by atoms with Gasteiger partial charge in [-0.2, -0.15) is 0 Å². The van der Waals surface area contributed by atoms with Crippen LogP contribution in [-0.2, 0) is 13.0 Å². The standard InChI is InChI=1S/C16H23N3/c1-12(2)10-14-4-6-15(7-5-14)16(17)11-19-9-8-18-13(19)3/h4-9,12,16H,10-11,17H2,1-3H3. The lowest BCUT2D eigenvalue weighted by atomic mass is 9.99. The molecule has 0 saturated heterocycles. The van der Waals surface area contributed by atoms with E-state index in [0.717, 1.165) is 18.8 Å². The van der Waals surface area contributed by atoms with Gasteiger partial charge >= 0.3 is 0 Å². The van der Waals surface area contributed by atoms with Gasteiger partial charge in [-0.15, -0.1) is 0 Å². The highest BCUT2D eigenvalue weighted by atomic mass is 15.1. The number of nitrogens with two attached hydrogens (primary N) is 1. The number of rotatable bonds is 5. The summed E-state index contributed by atoms with van der Waals surface area (Å²) in [6.07, 6.45) is 4.91. The number of aromatic nitrogens is 2. The lowest BCUT2D eigenvalue weighted by Crippen LogP contribution is -2.18. The van der Waals surface area contributed by atoms with Crippen molar-refractivity contribution in [1.82, 2.24) is 9.55 Å². The van der Waals surface area contributed by atoms with Crippen molar-refractivity contribution in [3.05, 3.63) is 53.6 Å². The second kappa shape index (κ2) is 6.02. The summed E-state index contributed by atoms with van der Waals surface area (Å²) in [7, 11) is 0. The minimum Gasteiger partial charge on any atom is -0.333 e. The van der Waals surface area contributed by atoms with Crippen molar-refractivity contribution in [2.45, 2.75) is 39.8 Å². The summed E-state index contributed by atoms with van der Waals surface area (Å²) in [5.41, 5.74) is 8.82. The van der Waals surface area contributed by atoms with Crippen LogP contribution in [0.25, 0.3) is 0 Å². The first-order chi connectivity index (χ1) is 9.06. The van der Waals surface area contributed by atoms with Crippen molar-refractivity contribution in [2.24, 2.45) is 11.7 Å². The Hall–Kier alpha value is -1.61. The highest BCUT2D eigenvalue weighted by Crippen LogP contribution is 2.16. The highest BCUT2D eigenvalue weighted by Gasteiger charge is 2.08. The SMILES string of the molecule is Cc1nccn1CC(N)c1ccc(CC(C)C)cc1. The van der Waals surface area contributed by atoms with Gasteiger partial charge in [-0.05, 0) is 30.4 Å². The zero-order chi connectivity index (χ0) is 13.8. The summed E-state index contributed by atoms with van der Waals surface area (Å²) >= 11 is 0. The van der Waals surface area contributed by atoms with Gasteiger partial charge in [-0.1, -0.05) is 38.1 Å². The lowest BCUT2D eigenvalue weighted by molar-refractivity contribution is 0.564. The number of nitrogens with zero attached hydrogens (tertiary/aromatic N) is 2. The van der Waals surface area contributed by atoms with Crippen LogP contribution in [0.15, 0.2) is 36.7 Å². The fraction of sp³-hybridized carbons (Fsp3) is 0.438. The Morgan fingerprint density at radius 2 is 1.89 bits per heavy atom. The van der Waals surface area contributed by atoms with Crippen LogP contribution in [0.5, 0.6) is 0 Å². The van der Waals surface area contributed by atoms with Crippen LogP contribution in [0.1, 0.15) is 36.8 Å². The molecule has 1 aromatic heterocycles. The summed E-state index contributed by atoms with van der Waals surface area (Å²) in [5.74, 6) is 1.69. The number of hydrogen-bond donors (Lipinski definition) is 1. The largest absolute Gasteiger partial charge is 0.333 e. The molecular weight excluding hydrogens is 234 g/mol. The van der Waals surface area contributed by atoms with E-state index in [4.69, 9.17) is 5.73 Å².